The topological polar surface area (TPSA) is 59.0 Å². The summed E-state index contributed by atoms with van der Waals surface area (Å²) in [5.41, 5.74) is 0. The maximum Gasteiger partial charge on any atom is 0.527 e. The van der Waals surface area contributed by atoms with Crippen molar-refractivity contribution in [3.63, 3.8) is 0 Å². The van der Waals surface area contributed by atoms with Crippen molar-refractivity contribution < 1.29 is 19.6 Å². The Kier molecular flexibility index (Phi) is 1.86. The molecule has 0 aromatic rings. The van der Waals surface area contributed by atoms with Crippen LogP contribution in [0.4, 0.5) is 4.79 Å². The molecule has 0 atom stereocenters. The van der Waals surface area contributed by atoms with Crippen molar-refractivity contribution in [3.8, 4) is 0 Å². The fourth-order valence-corrected chi connectivity index (χ4v) is 0.584. The number of carbonyl (C=O) groups is 1. The zero-order valence-electron chi connectivity index (χ0n) is 4.74. The fourth-order valence-electron chi connectivity index (χ4n) is 0.584. The van der Waals surface area contributed by atoms with Crippen LogP contribution in [0.15, 0.2) is 0 Å². The maximum atomic E-state index is 9.81. The van der Waals surface area contributed by atoms with Gasteiger partial charge in [0.25, 0.3) is 0 Å². The van der Waals surface area contributed by atoms with Crippen LogP contribution in [0.25, 0.3) is 0 Å². The van der Waals surface area contributed by atoms with Gasteiger partial charge in [0.05, 0.1) is 13.2 Å². The first kappa shape index (κ1) is 6.31. The smallest absolute Gasteiger partial charge is 0.448 e. The van der Waals surface area contributed by atoms with Gasteiger partial charge in [0.15, 0.2) is 0 Å². The van der Waals surface area contributed by atoms with Crippen LogP contribution in [-0.2, 0) is 9.68 Å². The molecule has 1 aliphatic rings. The third kappa shape index (κ3) is 1.87. The number of hydroxylamine groups is 2. The number of hydrogen-bond acceptors (Lipinski definition) is 4. The molecule has 9 heavy (non-hydrogen) atoms. The SMILES string of the molecule is O=C(O)ON1CCCO1. The van der Waals surface area contributed by atoms with Gasteiger partial charge in [-0.05, 0) is 11.6 Å². The van der Waals surface area contributed by atoms with Crippen LogP contribution in [0.5, 0.6) is 0 Å². The number of carboxylic acid groups (broad SMARTS) is 1. The summed E-state index contributed by atoms with van der Waals surface area (Å²) >= 11 is 0. The van der Waals surface area contributed by atoms with Crippen molar-refractivity contribution in [2.24, 2.45) is 0 Å². The van der Waals surface area contributed by atoms with Gasteiger partial charge in [-0.15, -0.1) is 0 Å². The van der Waals surface area contributed by atoms with E-state index in [9.17, 15) is 4.79 Å². The van der Waals surface area contributed by atoms with Crippen LogP contribution in [0, 0.1) is 0 Å². The Balaban J connectivity index is 2.19. The highest BCUT2D eigenvalue weighted by Crippen LogP contribution is 2.03. The molecule has 1 saturated heterocycles. The lowest BCUT2D eigenvalue weighted by Gasteiger charge is -2.08. The summed E-state index contributed by atoms with van der Waals surface area (Å²) in [6, 6.07) is 0. The monoisotopic (exact) mass is 133 g/mol. The molecular formula is C4H7NO4. The molecule has 1 N–H and O–H groups in total. The van der Waals surface area contributed by atoms with Crippen molar-refractivity contribution >= 4 is 6.16 Å². The lowest BCUT2D eigenvalue weighted by Crippen LogP contribution is -2.21. The molecule has 0 aliphatic carbocycles. The fraction of sp³-hybridized carbons (Fsp3) is 0.750. The van der Waals surface area contributed by atoms with Gasteiger partial charge in [-0.1, -0.05) is 0 Å². The first-order chi connectivity index (χ1) is 4.29. The molecule has 5 heteroatoms. The van der Waals surface area contributed by atoms with Gasteiger partial charge in [-0.2, -0.15) is 0 Å². The van der Waals surface area contributed by atoms with E-state index in [2.05, 4.69) is 4.84 Å². The minimum Gasteiger partial charge on any atom is -0.448 e. The van der Waals surface area contributed by atoms with E-state index in [0.29, 0.717) is 13.2 Å². The van der Waals surface area contributed by atoms with Crippen LogP contribution >= 0.6 is 0 Å². The quantitative estimate of drug-likeness (QED) is 0.555. The van der Waals surface area contributed by atoms with Crippen LogP contribution in [0.2, 0.25) is 0 Å². The average molecular weight is 133 g/mol. The normalized spacial score (nSPS) is 20.0. The Labute approximate surface area is 51.7 Å². The third-order valence-electron chi connectivity index (χ3n) is 0.900. The van der Waals surface area contributed by atoms with Gasteiger partial charge in [0, 0.05) is 0 Å². The highest BCUT2D eigenvalue weighted by atomic mass is 17.0. The minimum absolute atomic E-state index is 0.520. The molecule has 0 bridgehead atoms. The van der Waals surface area contributed by atoms with Gasteiger partial charge in [-0.25, -0.2) is 4.79 Å². The molecule has 0 aromatic carbocycles. The molecule has 52 valence electrons. The summed E-state index contributed by atoms with van der Waals surface area (Å²) in [6.07, 6.45) is -0.523. The Hall–Kier alpha value is -0.810. The third-order valence-corrected chi connectivity index (χ3v) is 0.900. The van der Waals surface area contributed by atoms with Crippen LogP contribution in [0.3, 0.4) is 0 Å². The number of nitrogens with zero attached hydrogens (tertiary/aromatic N) is 1. The van der Waals surface area contributed by atoms with Crippen molar-refractivity contribution in [2.45, 2.75) is 6.42 Å². The van der Waals surface area contributed by atoms with Crippen molar-refractivity contribution in [2.75, 3.05) is 13.2 Å². The molecule has 0 spiro atoms. The highest BCUT2D eigenvalue weighted by Gasteiger charge is 2.16. The Bertz CT molecular complexity index is 109. The molecule has 5 nitrogen and oxygen atoms in total. The van der Waals surface area contributed by atoms with E-state index in [1.54, 1.807) is 0 Å². The summed E-state index contributed by atoms with van der Waals surface area (Å²) in [5, 5.41) is 8.99. The second kappa shape index (κ2) is 2.65. The van der Waals surface area contributed by atoms with E-state index >= 15 is 0 Å². The first-order valence-corrected chi connectivity index (χ1v) is 2.60. The van der Waals surface area contributed by atoms with Gasteiger partial charge in [-0.3, -0.25) is 4.84 Å². The largest absolute Gasteiger partial charge is 0.527 e. The molecule has 1 heterocycles. The molecular weight excluding hydrogens is 126 g/mol. The molecule has 1 fully saturated rings. The van der Waals surface area contributed by atoms with E-state index < -0.39 is 6.16 Å². The Morgan fingerprint density at radius 1 is 1.78 bits per heavy atom. The van der Waals surface area contributed by atoms with E-state index in [1.807, 2.05) is 0 Å². The van der Waals surface area contributed by atoms with Crippen LogP contribution in [0.1, 0.15) is 6.42 Å². The summed E-state index contributed by atoms with van der Waals surface area (Å²) < 4.78 is 0. The summed E-state index contributed by atoms with van der Waals surface area (Å²) in [6.45, 7) is 1.06. The predicted octanol–water partition coefficient (Wildman–Crippen LogP) is 0.233. The van der Waals surface area contributed by atoms with Crippen molar-refractivity contribution in [3.05, 3.63) is 0 Å². The standard InChI is InChI=1S/C4H7NO4/c6-4(7)9-5-2-1-3-8-5/h1-3H2,(H,6,7). The van der Waals surface area contributed by atoms with Crippen LogP contribution in [-0.4, -0.2) is 29.6 Å². The highest BCUT2D eigenvalue weighted by molar-refractivity contribution is 5.56. The summed E-state index contributed by atoms with van der Waals surface area (Å²) in [7, 11) is 0. The molecule has 0 unspecified atom stereocenters. The molecule has 1 aliphatic heterocycles. The zero-order valence-corrected chi connectivity index (χ0v) is 4.74. The number of rotatable bonds is 1. The Morgan fingerprint density at radius 3 is 3.00 bits per heavy atom. The maximum absolute atomic E-state index is 9.81. The summed E-state index contributed by atoms with van der Waals surface area (Å²) in [4.78, 5) is 18.6. The van der Waals surface area contributed by atoms with E-state index in [0.717, 1.165) is 11.6 Å². The second-order valence-corrected chi connectivity index (χ2v) is 1.60. The Morgan fingerprint density at radius 2 is 2.56 bits per heavy atom. The lowest BCUT2D eigenvalue weighted by molar-refractivity contribution is -0.309. The second-order valence-electron chi connectivity index (χ2n) is 1.60. The van der Waals surface area contributed by atoms with Crippen LogP contribution < -0.4 is 0 Å². The predicted molar refractivity (Wildman–Crippen MR) is 26.4 cm³/mol. The van der Waals surface area contributed by atoms with E-state index in [-0.39, 0.29) is 0 Å². The van der Waals surface area contributed by atoms with Gasteiger partial charge < -0.3 is 9.94 Å². The molecule has 0 amide bonds. The van der Waals surface area contributed by atoms with E-state index in [4.69, 9.17) is 9.94 Å². The lowest BCUT2D eigenvalue weighted by atomic mass is 10.5. The number of hydrogen-bond donors (Lipinski definition) is 1. The zero-order chi connectivity index (χ0) is 6.69. The van der Waals surface area contributed by atoms with Crippen molar-refractivity contribution in [1.82, 2.24) is 5.23 Å². The van der Waals surface area contributed by atoms with Crippen molar-refractivity contribution in [1.29, 1.82) is 0 Å². The van der Waals surface area contributed by atoms with Gasteiger partial charge in [0.1, 0.15) is 0 Å². The van der Waals surface area contributed by atoms with Gasteiger partial charge in [0.2, 0.25) is 0 Å². The van der Waals surface area contributed by atoms with E-state index in [1.165, 1.54) is 0 Å². The summed E-state index contributed by atoms with van der Waals surface area (Å²) in [5.74, 6) is 0. The average Bonchev–Trinajstić information content (AvgIpc) is 2.15. The minimum atomic E-state index is -1.34. The molecule has 0 saturated carbocycles. The molecule has 0 aromatic heterocycles. The molecule has 0 radical (unpaired) electrons. The molecule has 1 rings (SSSR count). The first-order valence-electron chi connectivity index (χ1n) is 2.60. The van der Waals surface area contributed by atoms with Gasteiger partial charge >= 0.3 is 6.16 Å².